The van der Waals surface area contributed by atoms with Crippen molar-refractivity contribution in [1.82, 2.24) is 10.5 Å². The first kappa shape index (κ1) is 16.7. The smallest absolute Gasteiger partial charge is 0.225 e. The van der Waals surface area contributed by atoms with Crippen molar-refractivity contribution in [2.24, 2.45) is 0 Å². The normalized spacial score (nSPS) is 10.4. The number of nitrogens with one attached hydrogen (secondary N) is 1. The molecule has 1 aromatic carbocycles. The van der Waals surface area contributed by atoms with E-state index in [-0.39, 0.29) is 24.8 Å². The Bertz CT molecular complexity index is 677. The summed E-state index contributed by atoms with van der Waals surface area (Å²) in [6.45, 7) is 5.95. The maximum absolute atomic E-state index is 12.0. The molecule has 0 aliphatic heterocycles. The molecule has 0 spiro atoms. The predicted molar refractivity (Wildman–Crippen MR) is 86.9 cm³/mol. The fourth-order valence-electron chi connectivity index (χ4n) is 2.12. The number of benzene rings is 1. The van der Waals surface area contributed by atoms with Gasteiger partial charge in [-0.15, -0.1) is 0 Å². The van der Waals surface area contributed by atoms with Gasteiger partial charge in [-0.3, -0.25) is 14.5 Å². The summed E-state index contributed by atoms with van der Waals surface area (Å²) in [5.41, 5.74) is 2.22. The molecule has 23 heavy (non-hydrogen) atoms. The second kappa shape index (κ2) is 7.58. The van der Waals surface area contributed by atoms with Crippen LogP contribution in [0.2, 0.25) is 0 Å². The molecule has 0 bridgehead atoms. The van der Waals surface area contributed by atoms with Gasteiger partial charge < -0.3 is 9.84 Å². The van der Waals surface area contributed by atoms with Gasteiger partial charge in [0.25, 0.3) is 0 Å². The zero-order chi connectivity index (χ0) is 16.8. The molecule has 0 fully saturated rings. The van der Waals surface area contributed by atoms with Crippen LogP contribution in [0.1, 0.15) is 30.2 Å². The second-order valence-corrected chi connectivity index (χ2v) is 5.48. The highest BCUT2D eigenvalue weighted by molar-refractivity contribution is 5.91. The first-order valence-corrected chi connectivity index (χ1v) is 7.49. The number of anilines is 1. The SMILES string of the molecule is CC(=O)N(CCC(=O)NCc1ccc(C)cc1)c1cc(C)on1. The van der Waals surface area contributed by atoms with Crippen LogP contribution in [0.25, 0.3) is 0 Å². The van der Waals surface area contributed by atoms with Gasteiger partial charge >= 0.3 is 0 Å². The first-order valence-electron chi connectivity index (χ1n) is 7.49. The third-order valence-electron chi connectivity index (χ3n) is 3.44. The molecule has 0 saturated heterocycles. The van der Waals surface area contributed by atoms with Crippen molar-refractivity contribution in [2.75, 3.05) is 11.4 Å². The molecular formula is C17H21N3O3. The number of rotatable bonds is 6. The summed E-state index contributed by atoms with van der Waals surface area (Å²) in [7, 11) is 0. The molecule has 6 heteroatoms. The lowest BCUT2D eigenvalue weighted by molar-refractivity contribution is -0.121. The van der Waals surface area contributed by atoms with Crippen LogP contribution in [0.5, 0.6) is 0 Å². The van der Waals surface area contributed by atoms with Crippen molar-refractivity contribution in [3.63, 3.8) is 0 Å². The van der Waals surface area contributed by atoms with Gasteiger partial charge in [0.05, 0.1) is 0 Å². The highest BCUT2D eigenvalue weighted by atomic mass is 16.5. The molecule has 1 N–H and O–H groups in total. The lowest BCUT2D eigenvalue weighted by Crippen LogP contribution is -2.33. The third kappa shape index (κ3) is 4.95. The summed E-state index contributed by atoms with van der Waals surface area (Å²) in [6.07, 6.45) is 0.206. The number of carbonyl (C=O) groups excluding carboxylic acids is 2. The molecule has 0 atom stereocenters. The minimum absolute atomic E-state index is 0.114. The minimum Gasteiger partial charge on any atom is -0.360 e. The van der Waals surface area contributed by atoms with Crippen LogP contribution in [0, 0.1) is 13.8 Å². The summed E-state index contributed by atoms with van der Waals surface area (Å²) in [5.74, 6) is 0.762. The van der Waals surface area contributed by atoms with Crippen molar-refractivity contribution in [3.05, 3.63) is 47.2 Å². The molecule has 2 aromatic rings. The van der Waals surface area contributed by atoms with Gasteiger partial charge in [-0.1, -0.05) is 35.0 Å². The van der Waals surface area contributed by atoms with E-state index in [9.17, 15) is 9.59 Å². The Morgan fingerprint density at radius 3 is 2.48 bits per heavy atom. The molecule has 2 amide bonds. The summed E-state index contributed by atoms with van der Waals surface area (Å²) in [6, 6.07) is 9.65. The summed E-state index contributed by atoms with van der Waals surface area (Å²) in [5, 5.41) is 6.66. The Morgan fingerprint density at radius 1 is 1.22 bits per heavy atom. The quantitative estimate of drug-likeness (QED) is 0.888. The summed E-state index contributed by atoms with van der Waals surface area (Å²) < 4.78 is 4.97. The molecular weight excluding hydrogens is 294 g/mol. The van der Waals surface area contributed by atoms with Gasteiger partial charge in [-0.05, 0) is 19.4 Å². The Labute approximate surface area is 135 Å². The van der Waals surface area contributed by atoms with Crippen LogP contribution >= 0.6 is 0 Å². The van der Waals surface area contributed by atoms with E-state index >= 15 is 0 Å². The molecule has 122 valence electrons. The van der Waals surface area contributed by atoms with Crippen molar-refractivity contribution in [3.8, 4) is 0 Å². The number of aromatic nitrogens is 1. The molecule has 0 aliphatic rings. The summed E-state index contributed by atoms with van der Waals surface area (Å²) >= 11 is 0. The summed E-state index contributed by atoms with van der Waals surface area (Å²) in [4.78, 5) is 25.1. The van der Waals surface area contributed by atoms with Crippen LogP contribution in [-0.4, -0.2) is 23.5 Å². The highest BCUT2D eigenvalue weighted by Gasteiger charge is 2.16. The van der Waals surface area contributed by atoms with E-state index < -0.39 is 0 Å². The lowest BCUT2D eigenvalue weighted by Gasteiger charge is -2.17. The molecule has 0 saturated carbocycles. The maximum atomic E-state index is 12.0. The van der Waals surface area contributed by atoms with Gasteiger partial charge in [-0.25, -0.2) is 0 Å². The number of amides is 2. The Hall–Kier alpha value is -2.63. The van der Waals surface area contributed by atoms with E-state index in [0.29, 0.717) is 18.1 Å². The fourth-order valence-corrected chi connectivity index (χ4v) is 2.12. The minimum atomic E-state index is -0.176. The van der Waals surface area contributed by atoms with Crippen LogP contribution in [-0.2, 0) is 16.1 Å². The topological polar surface area (TPSA) is 75.4 Å². The Balaban J connectivity index is 1.84. The number of hydrogen-bond acceptors (Lipinski definition) is 4. The molecule has 6 nitrogen and oxygen atoms in total. The largest absolute Gasteiger partial charge is 0.360 e. The van der Waals surface area contributed by atoms with E-state index in [4.69, 9.17) is 4.52 Å². The third-order valence-corrected chi connectivity index (χ3v) is 3.44. The van der Waals surface area contributed by atoms with Gasteiger partial charge in [0.2, 0.25) is 11.8 Å². The molecule has 1 aromatic heterocycles. The van der Waals surface area contributed by atoms with Crippen molar-refractivity contribution in [2.45, 2.75) is 33.7 Å². The van der Waals surface area contributed by atoms with Gasteiger partial charge in [0.1, 0.15) is 5.76 Å². The number of hydrogen-bond donors (Lipinski definition) is 1. The Kier molecular flexibility index (Phi) is 5.51. The van der Waals surface area contributed by atoms with E-state index in [1.54, 1.807) is 13.0 Å². The molecule has 0 unspecified atom stereocenters. The monoisotopic (exact) mass is 315 g/mol. The van der Waals surface area contributed by atoms with Gasteiger partial charge in [0, 0.05) is 32.5 Å². The molecule has 2 rings (SSSR count). The van der Waals surface area contributed by atoms with Crippen LogP contribution < -0.4 is 10.2 Å². The first-order chi connectivity index (χ1) is 11.0. The molecule has 0 aliphatic carbocycles. The van der Waals surface area contributed by atoms with E-state index in [1.165, 1.54) is 17.4 Å². The number of aryl methyl sites for hydroxylation is 2. The maximum Gasteiger partial charge on any atom is 0.225 e. The lowest BCUT2D eigenvalue weighted by atomic mass is 10.1. The van der Waals surface area contributed by atoms with Crippen LogP contribution in [0.4, 0.5) is 5.82 Å². The zero-order valence-electron chi connectivity index (χ0n) is 13.6. The average molecular weight is 315 g/mol. The number of carbonyl (C=O) groups is 2. The van der Waals surface area contributed by atoms with Gasteiger partial charge in [0.15, 0.2) is 5.82 Å². The van der Waals surface area contributed by atoms with E-state index in [1.807, 2.05) is 31.2 Å². The predicted octanol–water partition coefficient (Wildman–Crippen LogP) is 2.35. The Morgan fingerprint density at radius 2 is 1.91 bits per heavy atom. The van der Waals surface area contributed by atoms with Gasteiger partial charge in [-0.2, -0.15) is 0 Å². The van der Waals surface area contributed by atoms with E-state index in [0.717, 1.165) is 5.56 Å². The zero-order valence-corrected chi connectivity index (χ0v) is 13.6. The molecule has 0 radical (unpaired) electrons. The number of nitrogens with zero attached hydrogens (tertiary/aromatic N) is 2. The van der Waals surface area contributed by atoms with Crippen LogP contribution in [0.15, 0.2) is 34.9 Å². The van der Waals surface area contributed by atoms with E-state index in [2.05, 4.69) is 10.5 Å². The van der Waals surface area contributed by atoms with Crippen LogP contribution in [0.3, 0.4) is 0 Å². The standard InChI is InChI=1S/C17H21N3O3/c1-12-4-6-15(7-5-12)11-18-17(22)8-9-20(14(3)21)16-10-13(2)23-19-16/h4-7,10H,8-9,11H2,1-3H3,(H,18,22). The molecule has 1 heterocycles. The average Bonchev–Trinajstić information content (AvgIpc) is 2.93. The van der Waals surface area contributed by atoms with Crippen molar-refractivity contribution in [1.29, 1.82) is 0 Å². The highest BCUT2D eigenvalue weighted by Crippen LogP contribution is 2.14. The fraction of sp³-hybridized carbons (Fsp3) is 0.353. The van der Waals surface area contributed by atoms with Crippen molar-refractivity contribution < 1.29 is 14.1 Å². The van der Waals surface area contributed by atoms with Crippen molar-refractivity contribution >= 4 is 17.6 Å². The second-order valence-electron chi connectivity index (χ2n) is 5.48.